The fourth-order valence-electron chi connectivity index (χ4n) is 3.46. The average Bonchev–Trinajstić information content (AvgIpc) is 3.15. The number of aryl methyl sites for hydroxylation is 1. The average molecular weight is 325 g/mol. The smallest absolute Gasteiger partial charge is 0.259 e. The molecule has 1 unspecified atom stereocenters. The van der Waals surface area contributed by atoms with Crippen LogP contribution in [-0.2, 0) is 6.54 Å². The highest BCUT2D eigenvalue weighted by molar-refractivity contribution is 7.15. The third kappa shape index (κ3) is 2.71. The largest absolute Gasteiger partial charge is 0.291 e. The van der Waals surface area contributed by atoms with Gasteiger partial charge in [-0.05, 0) is 31.9 Å². The number of thiazole rings is 1. The second kappa shape index (κ2) is 5.91. The molecule has 5 heteroatoms. The van der Waals surface area contributed by atoms with Crippen LogP contribution in [0.4, 0.5) is 0 Å². The van der Waals surface area contributed by atoms with Crippen LogP contribution >= 0.6 is 11.3 Å². The number of likely N-dealkylation sites (tertiary alicyclic amines) is 1. The van der Waals surface area contributed by atoms with Crippen LogP contribution in [0.15, 0.2) is 46.6 Å². The van der Waals surface area contributed by atoms with Crippen molar-refractivity contribution in [2.24, 2.45) is 0 Å². The molecule has 3 heterocycles. The lowest BCUT2D eigenvalue weighted by Gasteiger charge is -2.24. The van der Waals surface area contributed by atoms with Gasteiger partial charge in [0.25, 0.3) is 5.56 Å². The molecule has 0 bridgehead atoms. The third-order valence-corrected chi connectivity index (χ3v) is 5.49. The summed E-state index contributed by atoms with van der Waals surface area (Å²) in [5.74, 6) is 0. The second-order valence-electron chi connectivity index (χ2n) is 6.12. The van der Waals surface area contributed by atoms with Crippen LogP contribution in [0.2, 0.25) is 0 Å². The van der Waals surface area contributed by atoms with Gasteiger partial charge in [0.1, 0.15) is 0 Å². The van der Waals surface area contributed by atoms with Gasteiger partial charge < -0.3 is 0 Å². The minimum atomic E-state index is 0.0270. The molecule has 1 aliphatic heterocycles. The monoisotopic (exact) mass is 325 g/mol. The number of hydrogen-bond donors (Lipinski definition) is 0. The Kier molecular flexibility index (Phi) is 3.75. The summed E-state index contributed by atoms with van der Waals surface area (Å²) in [6.07, 6.45) is 2.36. The van der Waals surface area contributed by atoms with E-state index >= 15 is 0 Å². The lowest BCUT2D eigenvalue weighted by molar-refractivity contribution is 0.245. The lowest BCUT2D eigenvalue weighted by Crippen LogP contribution is -2.25. The van der Waals surface area contributed by atoms with Crippen molar-refractivity contribution in [3.05, 3.63) is 69.1 Å². The van der Waals surface area contributed by atoms with Gasteiger partial charge in [0.05, 0.1) is 5.69 Å². The number of fused-ring (bicyclic) bond motifs is 1. The molecule has 0 aliphatic carbocycles. The molecule has 4 nitrogen and oxygen atoms in total. The van der Waals surface area contributed by atoms with Crippen LogP contribution in [-0.4, -0.2) is 20.8 Å². The van der Waals surface area contributed by atoms with Crippen LogP contribution in [0.1, 0.15) is 35.8 Å². The maximum Gasteiger partial charge on any atom is 0.259 e. The zero-order chi connectivity index (χ0) is 15.8. The molecule has 0 radical (unpaired) electrons. The number of aromatic nitrogens is 2. The molecule has 1 saturated heterocycles. The lowest BCUT2D eigenvalue weighted by atomic mass is 10.0. The topological polar surface area (TPSA) is 37.6 Å². The van der Waals surface area contributed by atoms with Crippen molar-refractivity contribution >= 4 is 16.3 Å². The summed E-state index contributed by atoms with van der Waals surface area (Å²) in [4.78, 5) is 20.2. The summed E-state index contributed by atoms with van der Waals surface area (Å²) in [7, 11) is 0. The third-order valence-electron chi connectivity index (χ3n) is 4.54. The van der Waals surface area contributed by atoms with Crippen LogP contribution in [0.25, 0.3) is 4.96 Å². The maximum atomic E-state index is 12.3. The molecule has 1 aromatic carbocycles. The van der Waals surface area contributed by atoms with E-state index in [0.717, 1.165) is 29.4 Å². The van der Waals surface area contributed by atoms with Crippen molar-refractivity contribution in [2.45, 2.75) is 32.4 Å². The summed E-state index contributed by atoms with van der Waals surface area (Å²) in [5, 5.41) is 1.98. The highest BCUT2D eigenvalue weighted by Gasteiger charge is 2.26. The van der Waals surface area contributed by atoms with Gasteiger partial charge in [0.15, 0.2) is 4.96 Å². The van der Waals surface area contributed by atoms with Crippen LogP contribution in [0.3, 0.4) is 0 Å². The van der Waals surface area contributed by atoms with E-state index in [-0.39, 0.29) is 5.56 Å². The summed E-state index contributed by atoms with van der Waals surface area (Å²) in [5.41, 5.74) is 3.21. The first-order valence-corrected chi connectivity index (χ1v) is 8.86. The molecular weight excluding hydrogens is 306 g/mol. The van der Waals surface area contributed by atoms with Gasteiger partial charge in [0, 0.05) is 29.7 Å². The van der Waals surface area contributed by atoms with Crippen molar-refractivity contribution in [3.8, 4) is 0 Å². The zero-order valence-electron chi connectivity index (χ0n) is 13.1. The molecule has 23 heavy (non-hydrogen) atoms. The highest BCUT2D eigenvalue weighted by atomic mass is 32.1. The van der Waals surface area contributed by atoms with E-state index in [1.165, 1.54) is 29.7 Å². The summed E-state index contributed by atoms with van der Waals surface area (Å²) in [6, 6.07) is 12.7. The van der Waals surface area contributed by atoms with Crippen molar-refractivity contribution in [2.75, 3.05) is 6.54 Å². The highest BCUT2D eigenvalue weighted by Crippen LogP contribution is 2.32. The Labute approximate surface area is 139 Å². The van der Waals surface area contributed by atoms with Gasteiger partial charge in [-0.15, -0.1) is 11.3 Å². The number of nitrogens with zero attached hydrogens (tertiary/aromatic N) is 3. The van der Waals surface area contributed by atoms with E-state index < -0.39 is 0 Å². The Bertz CT molecular complexity index is 884. The van der Waals surface area contributed by atoms with Gasteiger partial charge >= 0.3 is 0 Å². The van der Waals surface area contributed by atoms with Gasteiger partial charge in [0.2, 0.25) is 0 Å². The van der Waals surface area contributed by atoms with Gasteiger partial charge in [-0.25, -0.2) is 4.98 Å². The molecule has 118 valence electrons. The Morgan fingerprint density at radius 2 is 2.13 bits per heavy atom. The number of rotatable bonds is 3. The van der Waals surface area contributed by atoms with Crippen LogP contribution < -0.4 is 5.56 Å². The second-order valence-corrected chi connectivity index (χ2v) is 6.96. The van der Waals surface area contributed by atoms with Crippen molar-refractivity contribution in [1.82, 2.24) is 14.3 Å². The molecule has 0 N–H and O–H groups in total. The molecule has 1 atom stereocenters. The van der Waals surface area contributed by atoms with E-state index in [1.54, 1.807) is 10.5 Å². The fraction of sp³-hybridized carbons (Fsp3) is 0.333. The first kappa shape index (κ1) is 14.6. The first-order valence-electron chi connectivity index (χ1n) is 7.98. The summed E-state index contributed by atoms with van der Waals surface area (Å²) < 4.78 is 1.69. The Hall–Kier alpha value is -1.98. The predicted molar refractivity (Wildman–Crippen MR) is 92.9 cm³/mol. The number of hydrogen-bond acceptors (Lipinski definition) is 4. The molecule has 0 spiro atoms. The predicted octanol–water partition coefficient (Wildman–Crippen LogP) is 3.40. The van der Waals surface area contributed by atoms with Gasteiger partial charge in [-0.2, -0.15) is 0 Å². The minimum absolute atomic E-state index is 0.0270. The summed E-state index contributed by atoms with van der Waals surface area (Å²) in [6.45, 7) is 3.74. The molecule has 2 aromatic heterocycles. The van der Waals surface area contributed by atoms with Gasteiger partial charge in [-0.1, -0.05) is 30.3 Å². The van der Waals surface area contributed by atoms with E-state index in [4.69, 9.17) is 0 Å². The molecule has 1 fully saturated rings. The van der Waals surface area contributed by atoms with E-state index in [1.807, 2.05) is 12.3 Å². The zero-order valence-corrected chi connectivity index (χ0v) is 13.9. The number of benzene rings is 1. The normalized spacial score (nSPS) is 18.7. The fourth-order valence-corrected chi connectivity index (χ4v) is 4.35. The Morgan fingerprint density at radius 3 is 2.96 bits per heavy atom. The van der Waals surface area contributed by atoms with E-state index in [9.17, 15) is 4.79 Å². The Morgan fingerprint density at radius 1 is 1.30 bits per heavy atom. The molecule has 1 aliphatic rings. The molecule has 4 rings (SSSR count). The van der Waals surface area contributed by atoms with Crippen molar-refractivity contribution < 1.29 is 0 Å². The van der Waals surface area contributed by atoms with Crippen molar-refractivity contribution in [3.63, 3.8) is 0 Å². The Balaban J connectivity index is 1.63. The standard InChI is InChI=1S/C18H19N3OS/c1-13-12-23-18-19-15(10-17(22)21(13)18)11-20-9-5-8-16(20)14-6-3-2-4-7-14/h2-4,6-7,10,12,16H,5,8-9,11H2,1H3. The SMILES string of the molecule is Cc1csc2nc(CN3CCCC3c3ccccc3)cc(=O)n12. The first-order chi connectivity index (χ1) is 11.2. The summed E-state index contributed by atoms with van der Waals surface area (Å²) >= 11 is 1.53. The van der Waals surface area contributed by atoms with E-state index in [2.05, 4.69) is 40.2 Å². The molecule has 0 amide bonds. The van der Waals surface area contributed by atoms with E-state index in [0.29, 0.717) is 6.04 Å². The molecule has 0 saturated carbocycles. The molecular formula is C18H19N3OS. The van der Waals surface area contributed by atoms with Crippen LogP contribution in [0.5, 0.6) is 0 Å². The maximum absolute atomic E-state index is 12.3. The van der Waals surface area contributed by atoms with Crippen LogP contribution in [0, 0.1) is 6.92 Å². The van der Waals surface area contributed by atoms with Crippen molar-refractivity contribution in [1.29, 1.82) is 0 Å². The van der Waals surface area contributed by atoms with Gasteiger partial charge in [-0.3, -0.25) is 14.1 Å². The molecule has 3 aromatic rings. The quantitative estimate of drug-likeness (QED) is 0.741. The minimum Gasteiger partial charge on any atom is -0.291 e.